The Bertz CT molecular complexity index is 479. The van der Waals surface area contributed by atoms with Crippen molar-refractivity contribution in [3.8, 4) is 0 Å². The van der Waals surface area contributed by atoms with Gasteiger partial charge in [-0.05, 0) is 26.0 Å². The molecule has 2 heterocycles. The zero-order valence-electron chi connectivity index (χ0n) is 9.66. The molecule has 0 fully saturated rings. The third kappa shape index (κ3) is 1.93. The Morgan fingerprint density at radius 1 is 1.31 bits per heavy atom. The van der Waals surface area contributed by atoms with E-state index in [2.05, 4.69) is 36.4 Å². The first kappa shape index (κ1) is 11.1. The Morgan fingerprint density at radius 2 is 1.94 bits per heavy atom. The molecule has 0 amide bonds. The quantitative estimate of drug-likeness (QED) is 0.890. The molecule has 86 valence electrons. The molecule has 4 nitrogen and oxygen atoms in total. The largest absolute Gasteiger partial charge is 0.321 e. The number of imidazole rings is 1. The van der Waals surface area contributed by atoms with Crippen molar-refractivity contribution in [2.75, 3.05) is 5.43 Å². The number of halogens is 1. The van der Waals surface area contributed by atoms with Crippen LogP contribution in [0.5, 0.6) is 0 Å². The zero-order valence-corrected chi connectivity index (χ0v) is 10.4. The van der Waals surface area contributed by atoms with Crippen LogP contribution in [0.4, 0.5) is 0 Å². The predicted octanol–water partition coefficient (Wildman–Crippen LogP) is 2.24. The number of nitrogens with zero attached hydrogens (tertiary/aromatic N) is 3. The molecule has 0 saturated heterocycles. The first-order chi connectivity index (χ1) is 7.59. The number of rotatable bonds is 3. The topological polar surface area (TPSA) is 34.8 Å². The summed E-state index contributed by atoms with van der Waals surface area (Å²) >= 11 is 5.92. The van der Waals surface area contributed by atoms with Crippen molar-refractivity contribution >= 4 is 11.6 Å². The van der Waals surface area contributed by atoms with E-state index in [1.165, 1.54) is 11.4 Å². The molecule has 5 heteroatoms. The van der Waals surface area contributed by atoms with Gasteiger partial charge in [0.15, 0.2) is 0 Å². The van der Waals surface area contributed by atoms with Gasteiger partial charge in [-0.15, -0.1) is 0 Å². The van der Waals surface area contributed by atoms with Crippen LogP contribution in [0.25, 0.3) is 0 Å². The van der Waals surface area contributed by atoms with Gasteiger partial charge >= 0.3 is 0 Å². The molecular formula is C11H15ClN4. The Kier molecular flexibility index (Phi) is 2.92. The fraction of sp³-hybridized carbons (Fsp3) is 0.364. The zero-order chi connectivity index (χ0) is 11.7. The number of aryl methyl sites for hydroxylation is 2. The van der Waals surface area contributed by atoms with E-state index in [1.54, 1.807) is 6.20 Å². The van der Waals surface area contributed by atoms with E-state index in [4.69, 9.17) is 11.6 Å². The number of nitrogens with one attached hydrogen (secondary N) is 1. The third-order valence-electron chi connectivity index (χ3n) is 2.69. The van der Waals surface area contributed by atoms with Crippen molar-refractivity contribution in [2.24, 2.45) is 7.05 Å². The average Bonchev–Trinajstić information content (AvgIpc) is 2.73. The lowest BCUT2D eigenvalue weighted by Gasteiger charge is -2.12. The van der Waals surface area contributed by atoms with Gasteiger partial charge in [0, 0.05) is 18.4 Å². The highest BCUT2D eigenvalue weighted by Crippen LogP contribution is 2.10. The fourth-order valence-electron chi connectivity index (χ4n) is 1.66. The van der Waals surface area contributed by atoms with Crippen molar-refractivity contribution < 1.29 is 0 Å². The molecule has 0 saturated carbocycles. The van der Waals surface area contributed by atoms with Crippen LogP contribution in [0.1, 0.15) is 17.2 Å². The maximum absolute atomic E-state index is 5.92. The first-order valence-electron chi connectivity index (χ1n) is 5.14. The average molecular weight is 239 g/mol. The van der Waals surface area contributed by atoms with Gasteiger partial charge in [-0.1, -0.05) is 11.6 Å². The van der Waals surface area contributed by atoms with Crippen LogP contribution in [-0.2, 0) is 13.6 Å². The first-order valence-corrected chi connectivity index (χ1v) is 5.52. The van der Waals surface area contributed by atoms with Crippen molar-refractivity contribution in [2.45, 2.75) is 20.4 Å². The van der Waals surface area contributed by atoms with Crippen LogP contribution in [0.15, 0.2) is 18.3 Å². The molecule has 0 bridgehead atoms. The van der Waals surface area contributed by atoms with E-state index in [0.717, 1.165) is 5.82 Å². The molecule has 0 spiro atoms. The molecule has 2 aromatic heterocycles. The normalized spacial score (nSPS) is 10.8. The summed E-state index contributed by atoms with van der Waals surface area (Å²) in [6, 6.07) is 4.15. The van der Waals surface area contributed by atoms with E-state index in [9.17, 15) is 0 Å². The van der Waals surface area contributed by atoms with Gasteiger partial charge in [0.25, 0.3) is 0 Å². The van der Waals surface area contributed by atoms with Crippen molar-refractivity contribution in [3.63, 3.8) is 0 Å². The third-order valence-corrected chi connectivity index (χ3v) is 3.05. The minimum absolute atomic E-state index is 0.651. The molecule has 2 rings (SSSR count). The monoisotopic (exact) mass is 238 g/mol. The van der Waals surface area contributed by atoms with Gasteiger partial charge in [-0.2, -0.15) is 0 Å². The molecule has 0 atom stereocenters. The van der Waals surface area contributed by atoms with Gasteiger partial charge in [-0.25, -0.2) is 4.98 Å². The Hall–Kier alpha value is -1.42. The van der Waals surface area contributed by atoms with Crippen LogP contribution in [0, 0.1) is 13.8 Å². The maximum atomic E-state index is 5.92. The van der Waals surface area contributed by atoms with Crippen molar-refractivity contribution in [3.05, 3.63) is 40.7 Å². The highest BCUT2D eigenvalue weighted by Gasteiger charge is 2.05. The van der Waals surface area contributed by atoms with Gasteiger partial charge in [0.1, 0.15) is 11.0 Å². The highest BCUT2D eigenvalue weighted by atomic mass is 35.5. The molecule has 16 heavy (non-hydrogen) atoms. The van der Waals surface area contributed by atoms with Gasteiger partial charge < -0.3 is 9.99 Å². The summed E-state index contributed by atoms with van der Waals surface area (Å²) in [4.78, 5) is 4.23. The Balaban J connectivity index is 2.11. The molecule has 2 aromatic rings. The van der Waals surface area contributed by atoms with E-state index in [1.807, 2.05) is 16.3 Å². The molecule has 0 aliphatic heterocycles. The SMILES string of the molecule is Cc1ccc(C)n1NCc1ncc(Cl)n1C. The fourth-order valence-corrected chi connectivity index (χ4v) is 1.80. The van der Waals surface area contributed by atoms with E-state index in [0.29, 0.717) is 11.7 Å². The van der Waals surface area contributed by atoms with Gasteiger partial charge in [-0.3, -0.25) is 4.68 Å². The van der Waals surface area contributed by atoms with Crippen molar-refractivity contribution in [1.29, 1.82) is 0 Å². The molecular weight excluding hydrogens is 224 g/mol. The van der Waals surface area contributed by atoms with Crippen LogP contribution >= 0.6 is 11.6 Å². The second kappa shape index (κ2) is 4.22. The van der Waals surface area contributed by atoms with E-state index >= 15 is 0 Å². The van der Waals surface area contributed by atoms with Gasteiger partial charge in [0.2, 0.25) is 0 Å². The standard InChI is InChI=1S/C11H15ClN4/c1-8-4-5-9(2)16(8)14-7-11-13-6-10(12)15(11)3/h4-6,14H,7H2,1-3H3. The summed E-state index contributed by atoms with van der Waals surface area (Å²) in [5.41, 5.74) is 5.66. The number of hydrogen-bond acceptors (Lipinski definition) is 2. The lowest BCUT2D eigenvalue weighted by atomic mass is 10.5. The van der Waals surface area contributed by atoms with E-state index in [-0.39, 0.29) is 0 Å². The molecule has 0 aromatic carbocycles. The lowest BCUT2D eigenvalue weighted by molar-refractivity contribution is 0.730. The summed E-state index contributed by atoms with van der Waals surface area (Å²) < 4.78 is 3.91. The van der Waals surface area contributed by atoms with Crippen molar-refractivity contribution in [1.82, 2.24) is 14.2 Å². The van der Waals surface area contributed by atoms with Crippen LogP contribution in [0.3, 0.4) is 0 Å². The summed E-state index contributed by atoms with van der Waals surface area (Å²) in [6.07, 6.45) is 1.66. The van der Waals surface area contributed by atoms with Crippen LogP contribution < -0.4 is 5.43 Å². The summed E-state index contributed by atoms with van der Waals surface area (Å²) in [5, 5.41) is 0.651. The Morgan fingerprint density at radius 3 is 2.44 bits per heavy atom. The smallest absolute Gasteiger partial charge is 0.130 e. The van der Waals surface area contributed by atoms with Crippen LogP contribution in [-0.4, -0.2) is 14.2 Å². The molecule has 1 N–H and O–H groups in total. The number of hydrogen-bond donors (Lipinski definition) is 1. The number of aromatic nitrogens is 3. The molecule has 0 aliphatic rings. The maximum Gasteiger partial charge on any atom is 0.130 e. The van der Waals surface area contributed by atoms with Crippen LogP contribution in [0.2, 0.25) is 5.15 Å². The highest BCUT2D eigenvalue weighted by molar-refractivity contribution is 6.29. The van der Waals surface area contributed by atoms with Gasteiger partial charge in [0.05, 0.1) is 12.7 Å². The summed E-state index contributed by atoms with van der Waals surface area (Å²) in [6.45, 7) is 4.77. The second-order valence-corrected chi connectivity index (χ2v) is 4.23. The summed E-state index contributed by atoms with van der Waals surface area (Å²) in [7, 11) is 1.90. The minimum Gasteiger partial charge on any atom is -0.321 e. The second-order valence-electron chi connectivity index (χ2n) is 3.84. The predicted molar refractivity (Wildman–Crippen MR) is 65.2 cm³/mol. The molecule has 0 aliphatic carbocycles. The Labute approximate surface area is 99.8 Å². The molecule has 0 unspecified atom stereocenters. The summed E-state index contributed by atoms with van der Waals surface area (Å²) in [5.74, 6) is 0.914. The lowest BCUT2D eigenvalue weighted by Crippen LogP contribution is -2.18. The van der Waals surface area contributed by atoms with E-state index < -0.39 is 0 Å². The molecule has 0 radical (unpaired) electrons. The minimum atomic E-state index is 0.651.